The van der Waals surface area contributed by atoms with Crippen LogP contribution in [0.3, 0.4) is 0 Å². The largest absolute Gasteiger partial charge is 0.342 e. The van der Waals surface area contributed by atoms with Gasteiger partial charge in [0.15, 0.2) is 0 Å². The van der Waals surface area contributed by atoms with E-state index in [2.05, 4.69) is 11.5 Å². The van der Waals surface area contributed by atoms with Gasteiger partial charge < -0.3 is 9.47 Å². The fourth-order valence-electron chi connectivity index (χ4n) is 4.47. The van der Waals surface area contributed by atoms with Gasteiger partial charge in [0.1, 0.15) is 11.6 Å². The highest BCUT2D eigenvalue weighted by Gasteiger charge is 2.42. The van der Waals surface area contributed by atoms with E-state index < -0.39 is 0 Å². The lowest BCUT2D eigenvalue weighted by atomic mass is 10.0. The summed E-state index contributed by atoms with van der Waals surface area (Å²) in [5, 5.41) is 0. The molecule has 5 rings (SSSR count). The zero-order valence-electron chi connectivity index (χ0n) is 16.0. The third-order valence-corrected chi connectivity index (χ3v) is 6.25. The molecule has 1 amide bonds. The average molecular weight is 377 g/mol. The number of hydrogen-bond donors (Lipinski definition) is 0. The van der Waals surface area contributed by atoms with Gasteiger partial charge in [0.25, 0.3) is 0 Å². The first kappa shape index (κ1) is 17.4. The maximum atomic E-state index is 14.0. The van der Waals surface area contributed by atoms with Crippen molar-refractivity contribution in [2.45, 2.75) is 32.2 Å². The highest BCUT2D eigenvalue weighted by molar-refractivity contribution is 5.82. The summed E-state index contributed by atoms with van der Waals surface area (Å²) in [7, 11) is 0. The number of likely N-dealkylation sites (tertiary alicyclic amines) is 1. The molecular formula is C23H24FN3O. The number of carbonyl (C=O) groups excluding carboxylic acids is 1. The molecule has 2 heterocycles. The monoisotopic (exact) mass is 377 g/mol. The smallest absolute Gasteiger partial charge is 0.225 e. The molecule has 4 nitrogen and oxygen atoms in total. The summed E-state index contributed by atoms with van der Waals surface area (Å²) < 4.78 is 16.2. The van der Waals surface area contributed by atoms with Crippen molar-refractivity contribution in [1.82, 2.24) is 14.5 Å². The van der Waals surface area contributed by atoms with Crippen molar-refractivity contribution in [3.63, 3.8) is 0 Å². The van der Waals surface area contributed by atoms with Crippen molar-refractivity contribution in [2.24, 2.45) is 11.8 Å². The second kappa shape index (κ2) is 6.73. The van der Waals surface area contributed by atoms with Gasteiger partial charge in [-0.1, -0.05) is 37.3 Å². The van der Waals surface area contributed by atoms with Gasteiger partial charge in [0.2, 0.25) is 5.91 Å². The van der Waals surface area contributed by atoms with Crippen LogP contribution in [0.5, 0.6) is 0 Å². The molecule has 1 aliphatic carbocycles. The fourth-order valence-corrected chi connectivity index (χ4v) is 4.47. The second-order valence-corrected chi connectivity index (χ2v) is 8.18. The summed E-state index contributed by atoms with van der Waals surface area (Å²) in [6, 6.07) is 15.1. The number of carbonyl (C=O) groups is 1. The van der Waals surface area contributed by atoms with Crippen LogP contribution in [-0.4, -0.2) is 33.4 Å². The van der Waals surface area contributed by atoms with Crippen LogP contribution >= 0.6 is 0 Å². The van der Waals surface area contributed by atoms with Crippen molar-refractivity contribution in [2.75, 3.05) is 13.1 Å². The van der Waals surface area contributed by atoms with Gasteiger partial charge in [-0.2, -0.15) is 0 Å². The normalized spacial score (nSPS) is 22.6. The molecular weight excluding hydrogens is 353 g/mol. The zero-order valence-corrected chi connectivity index (χ0v) is 16.0. The van der Waals surface area contributed by atoms with Gasteiger partial charge in [-0.3, -0.25) is 4.79 Å². The fraction of sp³-hybridized carbons (Fsp3) is 0.391. The van der Waals surface area contributed by atoms with E-state index in [1.165, 1.54) is 6.07 Å². The zero-order chi connectivity index (χ0) is 19.3. The van der Waals surface area contributed by atoms with Gasteiger partial charge in [-0.05, 0) is 43.4 Å². The summed E-state index contributed by atoms with van der Waals surface area (Å²) in [6.45, 7) is 3.67. The maximum absolute atomic E-state index is 14.0. The standard InChI is InChI=1S/C23H24FN3O/c1-15-13-19(15)23(28)26-11-9-18(10-12-26)27-21-14-17(24)7-8-20(21)25-22(27)16-5-3-2-4-6-16/h2-8,14-15,18-19H,9-13H2,1H3/t15-,19+/m1/s1. The molecule has 0 unspecified atom stereocenters. The summed E-state index contributed by atoms with van der Waals surface area (Å²) in [6.07, 6.45) is 2.77. The molecule has 2 fully saturated rings. The Balaban J connectivity index is 1.48. The van der Waals surface area contributed by atoms with E-state index in [0.29, 0.717) is 11.8 Å². The lowest BCUT2D eigenvalue weighted by molar-refractivity contribution is -0.134. The molecule has 2 aromatic carbocycles. The lowest BCUT2D eigenvalue weighted by Gasteiger charge is -2.34. The van der Waals surface area contributed by atoms with Crippen molar-refractivity contribution in [3.8, 4) is 11.4 Å². The van der Waals surface area contributed by atoms with Crippen molar-refractivity contribution >= 4 is 16.9 Å². The van der Waals surface area contributed by atoms with E-state index in [9.17, 15) is 9.18 Å². The SMILES string of the molecule is C[C@@H]1C[C@@H]1C(=O)N1CCC(n2c(-c3ccccc3)nc3ccc(F)cc32)CC1. The molecule has 1 aromatic heterocycles. The molecule has 2 atom stereocenters. The van der Waals surface area contributed by atoms with Crippen molar-refractivity contribution in [1.29, 1.82) is 0 Å². The minimum Gasteiger partial charge on any atom is -0.342 e. The van der Waals surface area contributed by atoms with E-state index in [0.717, 1.165) is 54.8 Å². The third-order valence-electron chi connectivity index (χ3n) is 6.25. The Morgan fingerprint density at radius 1 is 1.11 bits per heavy atom. The maximum Gasteiger partial charge on any atom is 0.225 e. The average Bonchev–Trinajstić information content (AvgIpc) is 3.34. The van der Waals surface area contributed by atoms with Crippen molar-refractivity contribution < 1.29 is 9.18 Å². The lowest BCUT2D eigenvalue weighted by Crippen LogP contribution is -2.40. The Bertz CT molecular complexity index is 1020. The molecule has 0 bridgehead atoms. The minimum absolute atomic E-state index is 0.211. The van der Waals surface area contributed by atoms with Crippen LogP contribution in [-0.2, 0) is 4.79 Å². The van der Waals surface area contributed by atoms with Crippen LogP contribution in [0.15, 0.2) is 48.5 Å². The van der Waals surface area contributed by atoms with E-state index in [1.54, 1.807) is 12.1 Å². The molecule has 0 N–H and O–H groups in total. The number of nitrogens with zero attached hydrogens (tertiary/aromatic N) is 3. The van der Waals surface area contributed by atoms with E-state index in [-0.39, 0.29) is 17.8 Å². The first-order valence-electron chi connectivity index (χ1n) is 10.1. The van der Waals surface area contributed by atoms with E-state index in [1.807, 2.05) is 35.2 Å². The number of amides is 1. The Labute approximate surface area is 164 Å². The van der Waals surface area contributed by atoms with Crippen LogP contribution < -0.4 is 0 Å². The minimum atomic E-state index is -0.247. The van der Waals surface area contributed by atoms with Crippen LogP contribution in [0.4, 0.5) is 4.39 Å². The number of benzene rings is 2. The summed E-state index contributed by atoms with van der Waals surface area (Å²) in [5.41, 5.74) is 2.68. The van der Waals surface area contributed by atoms with Crippen molar-refractivity contribution in [3.05, 3.63) is 54.3 Å². The quantitative estimate of drug-likeness (QED) is 0.666. The molecule has 0 spiro atoms. The molecule has 3 aromatic rings. The number of aromatic nitrogens is 2. The third kappa shape index (κ3) is 2.99. The molecule has 2 aliphatic rings. The predicted molar refractivity (Wildman–Crippen MR) is 107 cm³/mol. The van der Waals surface area contributed by atoms with Crippen LogP contribution in [0.2, 0.25) is 0 Å². The molecule has 1 aliphatic heterocycles. The summed E-state index contributed by atoms with van der Waals surface area (Å²) in [5.74, 6) is 1.72. The van der Waals surface area contributed by atoms with Gasteiger partial charge in [-0.25, -0.2) is 9.37 Å². The molecule has 1 saturated heterocycles. The molecule has 1 saturated carbocycles. The Morgan fingerprint density at radius 3 is 2.50 bits per heavy atom. The van der Waals surface area contributed by atoms with Crippen LogP contribution in [0.25, 0.3) is 22.4 Å². The molecule has 28 heavy (non-hydrogen) atoms. The molecule has 144 valence electrons. The van der Waals surface area contributed by atoms with Gasteiger partial charge >= 0.3 is 0 Å². The molecule has 5 heteroatoms. The summed E-state index contributed by atoms with van der Waals surface area (Å²) in [4.78, 5) is 19.4. The predicted octanol–water partition coefficient (Wildman–Crippen LogP) is 4.66. The number of hydrogen-bond acceptors (Lipinski definition) is 2. The van der Waals surface area contributed by atoms with Gasteiger partial charge in [0, 0.05) is 30.6 Å². The number of imidazole rings is 1. The Kier molecular flexibility index (Phi) is 4.18. The Hall–Kier alpha value is -2.69. The van der Waals surface area contributed by atoms with Gasteiger partial charge in [0.05, 0.1) is 11.0 Å². The molecule has 0 radical (unpaired) electrons. The topological polar surface area (TPSA) is 38.1 Å². The number of rotatable bonds is 3. The highest BCUT2D eigenvalue weighted by Crippen LogP contribution is 2.40. The first-order valence-corrected chi connectivity index (χ1v) is 10.1. The summed E-state index contributed by atoms with van der Waals surface area (Å²) >= 11 is 0. The number of fused-ring (bicyclic) bond motifs is 1. The highest BCUT2D eigenvalue weighted by atomic mass is 19.1. The van der Waals surface area contributed by atoms with Crippen LogP contribution in [0, 0.1) is 17.7 Å². The second-order valence-electron chi connectivity index (χ2n) is 8.18. The number of piperidine rings is 1. The number of halogens is 1. The first-order chi connectivity index (χ1) is 13.6. The van der Waals surface area contributed by atoms with Gasteiger partial charge in [-0.15, -0.1) is 0 Å². The Morgan fingerprint density at radius 2 is 1.82 bits per heavy atom. The van der Waals surface area contributed by atoms with Crippen LogP contribution in [0.1, 0.15) is 32.2 Å². The van der Waals surface area contributed by atoms with E-state index in [4.69, 9.17) is 4.98 Å². The van der Waals surface area contributed by atoms with E-state index >= 15 is 0 Å².